The molecule has 1 amide bonds. The monoisotopic (exact) mass is 398 g/mol. The maximum atomic E-state index is 13.0. The van der Waals surface area contributed by atoms with E-state index in [2.05, 4.69) is 6.92 Å². The van der Waals surface area contributed by atoms with Gasteiger partial charge in [0.25, 0.3) is 0 Å². The molecule has 0 aromatic carbocycles. The first-order valence-corrected chi connectivity index (χ1v) is 10.7. The third-order valence-corrected chi connectivity index (χ3v) is 5.52. The minimum Gasteiger partial charge on any atom is -0.466 e. The van der Waals surface area contributed by atoms with Crippen LogP contribution >= 0.6 is 0 Å². The molecule has 2 unspecified atom stereocenters. The number of rotatable bonds is 12. The number of aliphatic hydroxyl groups excluding tert-OH is 1. The summed E-state index contributed by atoms with van der Waals surface area (Å²) in [5.74, 6) is -1.55. The second-order valence-corrected chi connectivity index (χ2v) is 8.07. The Hall–Kier alpha value is -1.47. The van der Waals surface area contributed by atoms with E-state index in [0.29, 0.717) is 25.8 Å². The topological polar surface area (TPSA) is 110 Å². The lowest BCUT2D eigenvalue weighted by Crippen LogP contribution is -2.52. The van der Waals surface area contributed by atoms with Crippen LogP contribution in [0.4, 0.5) is 0 Å². The fraction of sp³-hybridized carbons (Fsp3) is 0.857. The van der Waals surface area contributed by atoms with Crippen molar-refractivity contribution in [3.63, 3.8) is 0 Å². The number of unbranched alkanes of at least 4 members (excludes halogenated alkanes) is 2. The molecule has 162 valence electrons. The number of aliphatic hydroxyl groups is 1. The summed E-state index contributed by atoms with van der Waals surface area (Å²) in [5, 5.41) is 10.8. The lowest BCUT2D eigenvalue weighted by Gasteiger charge is -2.31. The molecule has 4 atom stereocenters. The number of ether oxygens (including phenoxy) is 1. The Bertz CT molecular complexity index is 523. The molecular weight excluding hydrogens is 360 g/mol. The van der Waals surface area contributed by atoms with E-state index in [4.69, 9.17) is 10.5 Å². The van der Waals surface area contributed by atoms with Crippen molar-refractivity contribution in [1.82, 2.24) is 4.90 Å². The molecule has 0 radical (unpaired) electrons. The van der Waals surface area contributed by atoms with Gasteiger partial charge in [0.15, 0.2) is 5.78 Å². The summed E-state index contributed by atoms with van der Waals surface area (Å²) in [4.78, 5) is 39.2. The highest BCUT2D eigenvalue weighted by molar-refractivity contribution is 5.94. The maximum absolute atomic E-state index is 13.0. The first-order chi connectivity index (χ1) is 13.2. The van der Waals surface area contributed by atoms with Crippen LogP contribution in [0.25, 0.3) is 0 Å². The van der Waals surface area contributed by atoms with Gasteiger partial charge in [0, 0.05) is 12.5 Å². The molecule has 0 spiro atoms. The van der Waals surface area contributed by atoms with Gasteiger partial charge in [0.2, 0.25) is 5.91 Å². The van der Waals surface area contributed by atoms with E-state index in [9.17, 15) is 19.5 Å². The summed E-state index contributed by atoms with van der Waals surface area (Å²) in [5.41, 5.74) is 5.99. The molecule has 1 aliphatic heterocycles. The van der Waals surface area contributed by atoms with Crippen molar-refractivity contribution in [2.75, 3.05) is 13.2 Å². The van der Waals surface area contributed by atoms with Crippen LogP contribution in [0.3, 0.4) is 0 Å². The van der Waals surface area contributed by atoms with E-state index in [1.165, 1.54) is 4.90 Å². The SMILES string of the molecule is CCCCCC(CC(=O)OCC)C(O)C(=O)[C@@H]1CCCN1C(=O)[C@@H](N)C(C)C. The summed E-state index contributed by atoms with van der Waals surface area (Å²) >= 11 is 0. The number of hydrogen-bond donors (Lipinski definition) is 2. The van der Waals surface area contributed by atoms with Crippen LogP contribution in [0.2, 0.25) is 0 Å². The van der Waals surface area contributed by atoms with Crippen molar-refractivity contribution in [2.24, 2.45) is 17.6 Å². The van der Waals surface area contributed by atoms with Gasteiger partial charge in [0.05, 0.1) is 25.1 Å². The molecule has 0 aromatic heterocycles. The molecule has 7 nitrogen and oxygen atoms in total. The van der Waals surface area contributed by atoms with Gasteiger partial charge < -0.3 is 20.5 Å². The molecule has 1 aliphatic rings. The Morgan fingerprint density at radius 1 is 1.21 bits per heavy atom. The lowest BCUT2D eigenvalue weighted by atomic mass is 9.87. The number of esters is 1. The smallest absolute Gasteiger partial charge is 0.306 e. The van der Waals surface area contributed by atoms with Gasteiger partial charge in [0.1, 0.15) is 6.10 Å². The third-order valence-electron chi connectivity index (χ3n) is 5.52. The van der Waals surface area contributed by atoms with E-state index in [1.54, 1.807) is 6.92 Å². The number of amides is 1. The van der Waals surface area contributed by atoms with Crippen molar-refractivity contribution in [1.29, 1.82) is 0 Å². The Morgan fingerprint density at radius 3 is 2.46 bits per heavy atom. The summed E-state index contributed by atoms with van der Waals surface area (Å²) < 4.78 is 5.01. The molecule has 1 heterocycles. The molecular formula is C21H38N2O5. The largest absolute Gasteiger partial charge is 0.466 e. The molecule has 0 bridgehead atoms. The number of nitrogens with zero attached hydrogens (tertiary/aromatic N) is 1. The molecule has 7 heteroatoms. The van der Waals surface area contributed by atoms with Crippen LogP contribution in [-0.4, -0.2) is 59.0 Å². The number of Topliss-reactive ketones (excluding diaryl/α,β-unsaturated/α-hetero) is 1. The zero-order valence-electron chi connectivity index (χ0n) is 17.9. The minimum absolute atomic E-state index is 0.0106. The second-order valence-electron chi connectivity index (χ2n) is 8.07. The predicted octanol–water partition coefficient (Wildman–Crippen LogP) is 2.04. The zero-order valence-corrected chi connectivity index (χ0v) is 17.9. The van der Waals surface area contributed by atoms with Crippen molar-refractivity contribution < 1.29 is 24.2 Å². The molecule has 1 saturated heterocycles. The Morgan fingerprint density at radius 2 is 1.89 bits per heavy atom. The molecule has 1 fully saturated rings. The Balaban J connectivity index is 2.87. The van der Waals surface area contributed by atoms with Crippen molar-refractivity contribution >= 4 is 17.7 Å². The van der Waals surface area contributed by atoms with Crippen LogP contribution in [0.5, 0.6) is 0 Å². The average molecular weight is 399 g/mol. The van der Waals surface area contributed by atoms with Gasteiger partial charge in [-0.3, -0.25) is 14.4 Å². The van der Waals surface area contributed by atoms with E-state index >= 15 is 0 Å². The van der Waals surface area contributed by atoms with Crippen LogP contribution < -0.4 is 5.73 Å². The average Bonchev–Trinajstić information content (AvgIpc) is 3.14. The highest BCUT2D eigenvalue weighted by Crippen LogP contribution is 2.26. The first-order valence-electron chi connectivity index (χ1n) is 10.7. The third kappa shape index (κ3) is 6.85. The molecule has 0 saturated carbocycles. The van der Waals surface area contributed by atoms with Crippen molar-refractivity contribution in [3.05, 3.63) is 0 Å². The zero-order chi connectivity index (χ0) is 21.3. The van der Waals surface area contributed by atoms with E-state index < -0.39 is 30.1 Å². The van der Waals surface area contributed by atoms with Crippen LogP contribution in [-0.2, 0) is 19.1 Å². The Labute approximate surface area is 169 Å². The summed E-state index contributed by atoms with van der Waals surface area (Å²) in [6, 6.07) is -1.33. The highest BCUT2D eigenvalue weighted by Gasteiger charge is 2.41. The van der Waals surface area contributed by atoms with Crippen LogP contribution in [0.15, 0.2) is 0 Å². The Kier molecular flexibility index (Phi) is 10.7. The summed E-state index contributed by atoms with van der Waals surface area (Å²) in [6.45, 7) is 8.28. The van der Waals surface area contributed by atoms with Crippen molar-refractivity contribution in [2.45, 2.75) is 90.8 Å². The van der Waals surface area contributed by atoms with Crippen LogP contribution in [0.1, 0.15) is 72.6 Å². The molecule has 28 heavy (non-hydrogen) atoms. The van der Waals surface area contributed by atoms with Gasteiger partial charge in [-0.1, -0.05) is 40.0 Å². The van der Waals surface area contributed by atoms with Gasteiger partial charge in [-0.25, -0.2) is 0 Å². The predicted molar refractivity (Wildman–Crippen MR) is 107 cm³/mol. The number of carbonyl (C=O) groups excluding carboxylic acids is 3. The molecule has 0 aliphatic carbocycles. The number of nitrogens with two attached hydrogens (primary N) is 1. The molecule has 3 N–H and O–H groups in total. The first kappa shape index (κ1) is 24.6. The normalized spacial score (nSPS) is 20.1. The van der Waals surface area contributed by atoms with E-state index in [-0.39, 0.29) is 30.6 Å². The van der Waals surface area contributed by atoms with Gasteiger partial charge >= 0.3 is 5.97 Å². The minimum atomic E-state index is -1.28. The number of carbonyl (C=O) groups is 3. The lowest BCUT2D eigenvalue weighted by molar-refractivity contribution is -0.149. The molecule has 0 aromatic rings. The van der Waals surface area contributed by atoms with Crippen molar-refractivity contribution in [3.8, 4) is 0 Å². The van der Waals surface area contributed by atoms with E-state index in [0.717, 1.165) is 19.3 Å². The van der Waals surface area contributed by atoms with E-state index in [1.807, 2.05) is 13.8 Å². The summed E-state index contributed by atoms with van der Waals surface area (Å²) in [7, 11) is 0. The van der Waals surface area contributed by atoms with Gasteiger partial charge in [-0.15, -0.1) is 0 Å². The van der Waals surface area contributed by atoms with Gasteiger partial charge in [-0.2, -0.15) is 0 Å². The quantitative estimate of drug-likeness (QED) is 0.384. The summed E-state index contributed by atoms with van der Waals surface area (Å²) in [6.07, 6.45) is 3.34. The molecule has 1 rings (SSSR count). The highest BCUT2D eigenvalue weighted by atomic mass is 16.5. The van der Waals surface area contributed by atoms with Gasteiger partial charge in [-0.05, 0) is 32.1 Å². The number of ketones is 1. The number of likely N-dealkylation sites (tertiary alicyclic amines) is 1. The standard InChI is InChI=1S/C21H38N2O5/c1-5-7-8-10-15(13-17(24)28-6-2)19(25)20(26)16-11-9-12-23(16)21(27)18(22)14(3)4/h14-16,18-19,25H,5-13,22H2,1-4H3/t15?,16-,18-,19?/m0/s1. The fourth-order valence-corrected chi connectivity index (χ4v) is 3.69. The second kappa shape index (κ2) is 12.2. The number of hydrogen-bond acceptors (Lipinski definition) is 6. The van der Waals surface area contributed by atoms with Crippen LogP contribution in [0, 0.1) is 11.8 Å². The maximum Gasteiger partial charge on any atom is 0.306 e. The fourth-order valence-electron chi connectivity index (χ4n) is 3.69.